The van der Waals surface area contributed by atoms with Gasteiger partial charge >= 0.3 is 0 Å². The van der Waals surface area contributed by atoms with Crippen LogP contribution in [0.5, 0.6) is 0 Å². The lowest BCUT2D eigenvalue weighted by Gasteiger charge is -2.10. The lowest BCUT2D eigenvalue weighted by molar-refractivity contribution is 0.160. The lowest BCUT2D eigenvalue weighted by Crippen LogP contribution is -2.29. The largest absolute Gasteiger partial charge is 0.462 e. The number of hydrogen-bond donors (Lipinski definition) is 1. The van der Waals surface area contributed by atoms with Crippen LogP contribution in [0.4, 0.5) is 0 Å². The Balaban J connectivity index is 2.30. The molecule has 0 amide bonds. The van der Waals surface area contributed by atoms with Crippen LogP contribution in [0.25, 0.3) is 0 Å². The van der Waals surface area contributed by atoms with Gasteiger partial charge in [0.25, 0.3) is 0 Å². The zero-order valence-corrected chi connectivity index (χ0v) is 9.58. The molecule has 1 aromatic heterocycles. The Hall–Kier alpha value is -0.840. The molecule has 4 nitrogen and oxygen atoms in total. The van der Waals surface area contributed by atoms with E-state index in [4.69, 9.17) is 13.9 Å². The van der Waals surface area contributed by atoms with Gasteiger partial charge in [-0.2, -0.15) is 0 Å². The Labute approximate surface area is 90.6 Å². The van der Waals surface area contributed by atoms with Gasteiger partial charge in [-0.15, -0.1) is 0 Å². The fraction of sp³-hybridized carbons (Fsp3) is 0.636. The summed E-state index contributed by atoms with van der Waals surface area (Å²) < 4.78 is 15.5. The third kappa shape index (κ3) is 4.46. The Morgan fingerprint density at radius 3 is 2.67 bits per heavy atom. The van der Waals surface area contributed by atoms with Crippen molar-refractivity contribution in [1.29, 1.82) is 0 Å². The summed E-state index contributed by atoms with van der Waals surface area (Å²) in [5.74, 6) is 1.78. The maximum atomic E-state index is 5.52. The van der Waals surface area contributed by atoms with Gasteiger partial charge in [0.15, 0.2) is 0 Å². The molecule has 0 fully saturated rings. The number of rotatable bonds is 7. The van der Waals surface area contributed by atoms with Crippen LogP contribution in [0.3, 0.4) is 0 Å². The molecular formula is C11H19NO3. The summed E-state index contributed by atoms with van der Waals surface area (Å²) in [7, 11) is 3.35. The molecule has 0 aliphatic carbocycles. The van der Waals surface area contributed by atoms with E-state index in [0.717, 1.165) is 11.5 Å². The molecule has 0 saturated carbocycles. The van der Waals surface area contributed by atoms with Crippen molar-refractivity contribution in [2.24, 2.45) is 0 Å². The summed E-state index contributed by atoms with van der Waals surface area (Å²) >= 11 is 0. The Kier molecular flexibility index (Phi) is 5.39. The van der Waals surface area contributed by atoms with E-state index in [1.807, 2.05) is 12.1 Å². The molecule has 0 spiro atoms. The third-order valence-electron chi connectivity index (χ3n) is 2.05. The molecule has 1 rings (SSSR count). The molecule has 0 saturated heterocycles. The smallest absolute Gasteiger partial charge is 0.129 e. The second-order valence-corrected chi connectivity index (χ2v) is 3.54. The van der Waals surface area contributed by atoms with E-state index < -0.39 is 0 Å². The zero-order chi connectivity index (χ0) is 11.1. The van der Waals surface area contributed by atoms with Crippen LogP contribution >= 0.6 is 0 Å². The van der Waals surface area contributed by atoms with E-state index >= 15 is 0 Å². The van der Waals surface area contributed by atoms with E-state index in [-0.39, 0.29) is 0 Å². The van der Waals surface area contributed by atoms with Crippen LogP contribution in [0.2, 0.25) is 0 Å². The average molecular weight is 213 g/mol. The summed E-state index contributed by atoms with van der Waals surface area (Å²) in [5, 5.41) is 3.30. The standard InChI is InChI=1S/C11H19NO3/c1-9(7-13-2)12-6-10-4-5-11(15-10)8-14-3/h4-5,9,12H,6-8H2,1-3H3. The van der Waals surface area contributed by atoms with Gasteiger partial charge in [-0.25, -0.2) is 0 Å². The number of nitrogens with one attached hydrogen (secondary N) is 1. The highest BCUT2D eigenvalue weighted by Crippen LogP contribution is 2.08. The maximum absolute atomic E-state index is 5.52. The average Bonchev–Trinajstić information content (AvgIpc) is 2.64. The topological polar surface area (TPSA) is 43.6 Å². The summed E-state index contributed by atoms with van der Waals surface area (Å²) in [4.78, 5) is 0. The molecule has 0 radical (unpaired) electrons. The lowest BCUT2D eigenvalue weighted by atomic mass is 10.3. The van der Waals surface area contributed by atoms with Gasteiger partial charge in [-0.1, -0.05) is 0 Å². The second-order valence-electron chi connectivity index (χ2n) is 3.54. The van der Waals surface area contributed by atoms with Crippen molar-refractivity contribution in [3.63, 3.8) is 0 Å². The van der Waals surface area contributed by atoms with Crippen molar-refractivity contribution in [2.75, 3.05) is 20.8 Å². The van der Waals surface area contributed by atoms with Crippen LogP contribution in [0, 0.1) is 0 Å². The van der Waals surface area contributed by atoms with E-state index in [1.165, 1.54) is 0 Å². The van der Waals surface area contributed by atoms with Gasteiger partial charge in [0.05, 0.1) is 13.2 Å². The summed E-state index contributed by atoms with van der Waals surface area (Å²) in [6.07, 6.45) is 0. The summed E-state index contributed by atoms with van der Waals surface area (Å²) in [6.45, 7) is 4.01. The minimum absolute atomic E-state index is 0.325. The van der Waals surface area contributed by atoms with Crippen LogP contribution in [0.1, 0.15) is 18.4 Å². The van der Waals surface area contributed by atoms with Gasteiger partial charge in [0.2, 0.25) is 0 Å². The van der Waals surface area contributed by atoms with Crippen LogP contribution in [0.15, 0.2) is 16.5 Å². The zero-order valence-electron chi connectivity index (χ0n) is 9.58. The number of hydrogen-bond acceptors (Lipinski definition) is 4. The first kappa shape index (κ1) is 12.2. The van der Waals surface area contributed by atoms with Crippen molar-refractivity contribution >= 4 is 0 Å². The van der Waals surface area contributed by atoms with Crippen LogP contribution in [-0.2, 0) is 22.6 Å². The normalized spacial score (nSPS) is 13.0. The first-order valence-corrected chi connectivity index (χ1v) is 5.05. The van der Waals surface area contributed by atoms with E-state index in [9.17, 15) is 0 Å². The molecule has 15 heavy (non-hydrogen) atoms. The summed E-state index contributed by atoms with van der Waals surface area (Å²) in [5.41, 5.74) is 0. The predicted octanol–water partition coefficient (Wildman–Crippen LogP) is 1.55. The molecule has 1 unspecified atom stereocenters. The maximum Gasteiger partial charge on any atom is 0.129 e. The van der Waals surface area contributed by atoms with Crippen LogP contribution < -0.4 is 5.32 Å². The first-order valence-electron chi connectivity index (χ1n) is 5.05. The molecule has 0 bridgehead atoms. The SMILES string of the molecule is COCc1ccc(CNC(C)COC)o1. The second kappa shape index (κ2) is 6.61. The van der Waals surface area contributed by atoms with Gasteiger partial charge in [-0.3, -0.25) is 0 Å². The minimum Gasteiger partial charge on any atom is -0.462 e. The molecule has 1 aromatic rings. The molecule has 0 aliphatic rings. The van der Waals surface area contributed by atoms with E-state index in [0.29, 0.717) is 25.8 Å². The quantitative estimate of drug-likeness (QED) is 0.746. The monoisotopic (exact) mass is 213 g/mol. The summed E-state index contributed by atoms with van der Waals surface area (Å²) in [6, 6.07) is 4.22. The van der Waals surface area contributed by atoms with Gasteiger partial charge in [0, 0.05) is 20.3 Å². The Bertz CT molecular complexity index is 273. The molecule has 1 heterocycles. The van der Waals surface area contributed by atoms with Gasteiger partial charge < -0.3 is 19.2 Å². The highest BCUT2D eigenvalue weighted by atomic mass is 16.5. The molecule has 86 valence electrons. The van der Waals surface area contributed by atoms with Crippen molar-refractivity contribution < 1.29 is 13.9 Å². The first-order chi connectivity index (χ1) is 7.26. The fourth-order valence-electron chi connectivity index (χ4n) is 1.32. The van der Waals surface area contributed by atoms with Gasteiger partial charge in [0.1, 0.15) is 18.1 Å². The molecule has 4 heteroatoms. The molecular weight excluding hydrogens is 194 g/mol. The highest BCUT2D eigenvalue weighted by Gasteiger charge is 2.04. The van der Waals surface area contributed by atoms with Crippen molar-refractivity contribution in [1.82, 2.24) is 5.32 Å². The van der Waals surface area contributed by atoms with Gasteiger partial charge in [-0.05, 0) is 19.1 Å². The number of ether oxygens (including phenoxy) is 2. The van der Waals surface area contributed by atoms with Crippen molar-refractivity contribution in [3.05, 3.63) is 23.7 Å². The molecule has 1 N–H and O–H groups in total. The van der Waals surface area contributed by atoms with Crippen molar-refractivity contribution in [2.45, 2.75) is 26.1 Å². The number of furan rings is 1. The molecule has 1 atom stereocenters. The Morgan fingerprint density at radius 1 is 1.27 bits per heavy atom. The third-order valence-corrected chi connectivity index (χ3v) is 2.05. The molecule has 0 aromatic carbocycles. The van der Waals surface area contributed by atoms with Crippen molar-refractivity contribution in [3.8, 4) is 0 Å². The predicted molar refractivity (Wildman–Crippen MR) is 57.6 cm³/mol. The van der Waals surface area contributed by atoms with E-state index in [2.05, 4.69) is 12.2 Å². The molecule has 0 aliphatic heterocycles. The van der Waals surface area contributed by atoms with E-state index in [1.54, 1.807) is 14.2 Å². The fourth-order valence-corrected chi connectivity index (χ4v) is 1.32. The minimum atomic E-state index is 0.325. The highest BCUT2D eigenvalue weighted by molar-refractivity contribution is 5.06. The van der Waals surface area contributed by atoms with Crippen LogP contribution in [-0.4, -0.2) is 26.9 Å². The Morgan fingerprint density at radius 2 is 2.00 bits per heavy atom. The number of methoxy groups -OCH3 is 2.